The average molecular weight is 432 g/mol. The number of aryl methyl sites for hydroxylation is 2. The van der Waals surface area contributed by atoms with Crippen LogP contribution in [0.5, 0.6) is 0 Å². The summed E-state index contributed by atoms with van der Waals surface area (Å²) in [4.78, 5) is 27.8. The first kappa shape index (κ1) is 20.9. The highest BCUT2D eigenvalue weighted by Crippen LogP contribution is 2.26. The quantitative estimate of drug-likeness (QED) is 0.359. The predicted molar refractivity (Wildman–Crippen MR) is 116 cm³/mol. The third-order valence-corrected chi connectivity index (χ3v) is 5.02. The smallest absolute Gasteiger partial charge is 0.312 e. The topological polar surface area (TPSA) is 129 Å². The molecule has 2 aromatic heterocycles. The van der Waals surface area contributed by atoms with Gasteiger partial charge >= 0.3 is 5.69 Å². The molecule has 0 saturated carbocycles. The fourth-order valence-corrected chi connectivity index (χ4v) is 3.43. The Kier molecular flexibility index (Phi) is 5.50. The van der Waals surface area contributed by atoms with Gasteiger partial charge in [0.05, 0.1) is 17.2 Å². The van der Waals surface area contributed by atoms with E-state index in [1.165, 1.54) is 0 Å². The number of anilines is 1. The first-order valence-electron chi connectivity index (χ1n) is 9.82. The average Bonchev–Trinajstić information content (AvgIpc) is 3.31. The van der Waals surface area contributed by atoms with E-state index >= 15 is 0 Å². The van der Waals surface area contributed by atoms with Crippen LogP contribution in [0.1, 0.15) is 33.2 Å². The molecule has 0 unspecified atom stereocenters. The zero-order chi connectivity index (χ0) is 22.8. The van der Waals surface area contributed by atoms with Crippen LogP contribution in [-0.4, -0.2) is 30.8 Å². The van der Waals surface area contributed by atoms with E-state index in [0.717, 1.165) is 5.56 Å². The summed E-state index contributed by atoms with van der Waals surface area (Å²) in [5.41, 5.74) is 3.44. The summed E-state index contributed by atoms with van der Waals surface area (Å²) < 4.78 is 6.63. The van der Waals surface area contributed by atoms with Crippen LogP contribution < -0.4 is 5.32 Å². The molecule has 0 aliphatic heterocycles. The number of aromatic nitrogens is 4. The monoisotopic (exact) mass is 432 g/mol. The van der Waals surface area contributed by atoms with Crippen LogP contribution in [0.15, 0.2) is 53.1 Å². The molecule has 0 aliphatic rings. The third kappa shape index (κ3) is 4.10. The molecule has 0 spiro atoms. The molecular weight excluding hydrogens is 412 g/mol. The van der Waals surface area contributed by atoms with Gasteiger partial charge in [-0.25, -0.2) is 0 Å². The third-order valence-electron chi connectivity index (χ3n) is 5.02. The Bertz CT molecular complexity index is 1310. The molecule has 0 fully saturated rings. The molecule has 2 aromatic carbocycles. The fraction of sp³-hybridized carbons (Fsp3) is 0.182. The number of amides is 1. The molecule has 10 heteroatoms. The number of carbonyl (C=O) groups is 1. The molecule has 162 valence electrons. The molecule has 4 aromatic rings. The van der Waals surface area contributed by atoms with E-state index in [0.29, 0.717) is 46.5 Å². The zero-order valence-corrected chi connectivity index (χ0v) is 17.7. The van der Waals surface area contributed by atoms with Gasteiger partial charge in [0.15, 0.2) is 0 Å². The van der Waals surface area contributed by atoms with Crippen LogP contribution in [0.4, 0.5) is 11.4 Å². The van der Waals surface area contributed by atoms with Gasteiger partial charge in [-0.15, -0.1) is 0 Å². The van der Waals surface area contributed by atoms with E-state index in [-0.39, 0.29) is 11.6 Å². The van der Waals surface area contributed by atoms with Crippen molar-refractivity contribution in [2.45, 2.75) is 27.3 Å². The molecular formula is C22H20N6O4. The lowest BCUT2D eigenvalue weighted by Crippen LogP contribution is -2.13. The first-order valence-corrected chi connectivity index (χ1v) is 9.82. The van der Waals surface area contributed by atoms with Crippen molar-refractivity contribution in [1.29, 1.82) is 0 Å². The molecule has 0 aliphatic carbocycles. The normalized spacial score (nSPS) is 10.8. The molecule has 1 amide bonds. The second-order valence-corrected chi connectivity index (χ2v) is 7.27. The maximum atomic E-state index is 12.8. The Morgan fingerprint density at radius 2 is 1.84 bits per heavy atom. The van der Waals surface area contributed by atoms with Crippen molar-refractivity contribution in [3.05, 3.63) is 87.1 Å². The number of nitrogens with one attached hydrogen (secondary N) is 1. The van der Waals surface area contributed by atoms with E-state index in [9.17, 15) is 14.9 Å². The summed E-state index contributed by atoms with van der Waals surface area (Å²) in [5, 5.41) is 22.2. The SMILES string of the molecule is Cc1nc(-c2ccccc2NC(=O)c2ccc(Cn3nc(C)c([N+](=O)[O-])c3C)cc2)no1. The number of para-hydroxylation sites is 1. The Labute approximate surface area is 183 Å². The molecule has 32 heavy (non-hydrogen) atoms. The summed E-state index contributed by atoms with van der Waals surface area (Å²) in [5.74, 6) is 0.545. The van der Waals surface area contributed by atoms with E-state index < -0.39 is 4.92 Å². The maximum absolute atomic E-state index is 12.8. The number of carbonyl (C=O) groups excluding carboxylic acids is 1. The molecule has 1 N–H and O–H groups in total. The molecule has 0 saturated heterocycles. The lowest BCUT2D eigenvalue weighted by atomic mass is 10.1. The van der Waals surface area contributed by atoms with Crippen molar-refractivity contribution < 1.29 is 14.2 Å². The number of hydrogen-bond acceptors (Lipinski definition) is 7. The Morgan fingerprint density at radius 3 is 2.47 bits per heavy atom. The molecule has 0 atom stereocenters. The summed E-state index contributed by atoms with van der Waals surface area (Å²) >= 11 is 0. The summed E-state index contributed by atoms with van der Waals surface area (Å²) in [6.07, 6.45) is 0. The minimum absolute atomic E-state index is 0.0245. The van der Waals surface area contributed by atoms with Crippen LogP contribution in [0.3, 0.4) is 0 Å². The van der Waals surface area contributed by atoms with Gasteiger partial charge in [0.2, 0.25) is 11.7 Å². The molecule has 10 nitrogen and oxygen atoms in total. The summed E-state index contributed by atoms with van der Waals surface area (Å²) in [6, 6.07) is 14.2. The molecule has 2 heterocycles. The summed E-state index contributed by atoms with van der Waals surface area (Å²) in [6.45, 7) is 5.34. The highest BCUT2D eigenvalue weighted by molar-refractivity contribution is 6.06. The maximum Gasteiger partial charge on any atom is 0.312 e. The highest BCUT2D eigenvalue weighted by atomic mass is 16.6. The van der Waals surface area contributed by atoms with Crippen LogP contribution >= 0.6 is 0 Å². The number of benzene rings is 2. The second-order valence-electron chi connectivity index (χ2n) is 7.27. The number of rotatable bonds is 6. The molecule has 4 rings (SSSR count). The van der Waals surface area contributed by atoms with Crippen molar-refractivity contribution in [3.63, 3.8) is 0 Å². The van der Waals surface area contributed by atoms with Gasteiger partial charge in [0.25, 0.3) is 5.91 Å². The van der Waals surface area contributed by atoms with Gasteiger partial charge in [-0.3, -0.25) is 19.6 Å². The Balaban J connectivity index is 1.50. The Hall–Kier alpha value is -4.34. The Morgan fingerprint density at radius 1 is 1.12 bits per heavy atom. The predicted octanol–water partition coefficient (Wildman–Crippen LogP) is 4.07. The van der Waals surface area contributed by atoms with Gasteiger partial charge in [-0.2, -0.15) is 10.1 Å². The van der Waals surface area contributed by atoms with Gasteiger partial charge in [0.1, 0.15) is 11.4 Å². The highest BCUT2D eigenvalue weighted by Gasteiger charge is 2.21. The minimum Gasteiger partial charge on any atom is -0.339 e. The van der Waals surface area contributed by atoms with Crippen LogP contribution in [-0.2, 0) is 6.54 Å². The van der Waals surface area contributed by atoms with E-state index in [2.05, 4.69) is 20.6 Å². The van der Waals surface area contributed by atoms with Crippen LogP contribution in [0, 0.1) is 30.9 Å². The second kappa shape index (κ2) is 8.42. The largest absolute Gasteiger partial charge is 0.339 e. The van der Waals surface area contributed by atoms with E-state index in [1.54, 1.807) is 61.9 Å². The number of nitrogens with zero attached hydrogens (tertiary/aromatic N) is 5. The van der Waals surface area contributed by atoms with Crippen LogP contribution in [0.25, 0.3) is 11.4 Å². The van der Waals surface area contributed by atoms with Gasteiger partial charge in [-0.1, -0.05) is 29.4 Å². The van der Waals surface area contributed by atoms with Crippen molar-refractivity contribution in [2.75, 3.05) is 5.32 Å². The van der Waals surface area contributed by atoms with Crippen LogP contribution in [0.2, 0.25) is 0 Å². The number of hydrogen-bond donors (Lipinski definition) is 1. The minimum atomic E-state index is -0.421. The van der Waals surface area contributed by atoms with Crippen molar-refractivity contribution >= 4 is 17.3 Å². The lowest BCUT2D eigenvalue weighted by molar-refractivity contribution is -0.386. The van der Waals surface area contributed by atoms with Crippen molar-refractivity contribution in [3.8, 4) is 11.4 Å². The molecule has 0 bridgehead atoms. The lowest BCUT2D eigenvalue weighted by Gasteiger charge is -2.09. The molecule has 0 radical (unpaired) electrons. The zero-order valence-electron chi connectivity index (χ0n) is 17.7. The van der Waals surface area contributed by atoms with Gasteiger partial charge in [0, 0.05) is 18.1 Å². The number of nitro groups is 1. The summed E-state index contributed by atoms with van der Waals surface area (Å²) in [7, 11) is 0. The fourth-order valence-electron chi connectivity index (χ4n) is 3.43. The van der Waals surface area contributed by atoms with E-state index in [4.69, 9.17) is 4.52 Å². The van der Waals surface area contributed by atoms with Crippen molar-refractivity contribution in [2.24, 2.45) is 0 Å². The van der Waals surface area contributed by atoms with Gasteiger partial charge in [-0.05, 0) is 43.7 Å². The van der Waals surface area contributed by atoms with Crippen molar-refractivity contribution in [1.82, 2.24) is 19.9 Å². The first-order chi connectivity index (χ1) is 15.3. The standard InChI is InChI=1S/C22H20N6O4/c1-13-20(28(30)31)14(2)27(25-13)12-16-8-10-17(11-9-16)22(29)24-19-7-5-4-6-18(19)21-23-15(3)32-26-21/h4-11H,12H2,1-3H3,(H,24,29). The van der Waals surface area contributed by atoms with Gasteiger partial charge < -0.3 is 9.84 Å². The van der Waals surface area contributed by atoms with E-state index in [1.807, 2.05) is 12.1 Å².